The standard InChI is InChI=1S/C28H22N2O3S2/c1-19-24(27(32)33-18-21-12-6-3-7-13-21)25(22-16-9-17-34-22)30-26(31)23(35-28(30)29-19)15-8-14-20-10-4-2-5-11-20/h2-17,25H,18H2,1H3/b14-8+,23-15-. The summed E-state index contributed by atoms with van der Waals surface area (Å²) in [6.45, 7) is 1.95. The molecule has 0 N–H and O–H groups in total. The predicted molar refractivity (Wildman–Crippen MR) is 141 cm³/mol. The van der Waals surface area contributed by atoms with Crippen LogP contribution in [-0.2, 0) is 16.1 Å². The zero-order valence-corrected chi connectivity index (χ0v) is 20.6. The third kappa shape index (κ3) is 4.87. The normalized spacial score (nSPS) is 15.8. The topological polar surface area (TPSA) is 60.7 Å². The van der Waals surface area contributed by atoms with E-state index in [1.807, 2.05) is 90.3 Å². The summed E-state index contributed by atoms with van der Waals surface area (Å²) in [4.78, 5) is 32.9. The summed E-state index contributed by atoms with van der Waals surface area (Å²) in [5.41, 5.74) is 2.73. The number of carbonyl (C=O) groups excluding carboxylic acids is 1. The SMILES string of the molecule is CC1=C(C(=O)OCc2ccccc2)C(c2cccs2)n2c(s/c(=C\C=C\c3ccccc3)c2=O)=N1. The van der Waals surface area contributed by atoms with Crippen LogP contribution in [0.25, 0.3) is 12.2 Å². The molecule has 1 atom stereocenters. The minimum absolute atomic E-state index is 0.155. The number of carbonyl (C=O) groups is 1. The first kappa shape index (κ1) is 23.0. The summed E-state index contributed by atoms with van der Waals surface area (Å²) in [6, 6.07) is 22.7. The van der Waals surface area contributed by atoms with Crippen LogP contribution in [-0.4, -0.2) is 10.5 Å². The van der Waals surface area contributed by atoms with Gasteiger partial charge >= 0.3 is 5.97 Å². The quantitative estimate of drug-likeness (QED) is 0.362. The average Bonchev–Trinajstić information content (AvgIpc) is 3.52. The molecule has 35 heavy (non-hydrogen) atoms. The summed E-state index contributed by atoms with van der Waals surface area (Å²) >= 11 is 2.82. The van der Waals surface area contributed by atoms with Gasteiger partial charge in [-0.3, -0.25) is 9.36 Å². The van der Waals surface area contributed by atoms with Crippen molar-refractivity contribution in [3.05, 3.63) is 131 Å². The fourth-order valence-corrected chi connectivity index (χ4v) is 5.75. The average molecular weight is 499 g/mol. The van der Waals surface area contributed by atoms with E-state index < -0.39 is 12.0 Å². The molecule has 3 heterocycles. The molecule has 1 unspecified atom stereocenters. The number of thiophene rings is 1. The fraction of sp³-hybridized carbons (Fsp3) is 0.107. The van der Waals surface area contributed by atoms with Crippen LogP contribution < -0.4 is 14.9 Å². The van der Waals surface area contributed by atoms with Crippen LogP contribution in [0.3, 0.4) is 0 Å². The van der Waals surface area contributed by atoms with Gasteiger partial charge in [-0.1, -0.05) is 90.2 Å². The van der Waals surface area contributed by atoms with Gasteiger partial charge in [0.1, 0.15) is 12.6 Å². The maximum Gasteiger partial charge on any atom is 0.338 e. The lowest BCUT2D eigenvalue weighted by atomic mass is 10.0. The summed E-state index contributed by atoms with van der Waals surface area (Å²) in [5.74, 6) is -0.466. The lowest BCUT2D eigenvalue weighted by Gasteiger charge is -2.23. The van der Waals surface area contributed by atoms with Gasteiger partial charge in [-0.05, 0) is 35.6 Å². The first-order chi connectivity index (χ1) is 17.1. The number of rotatable bonds is 6. The Labute approximate surface area is 210 Å². The van der Waals surface area contributed by atoms with Gasteiger partial charge in [-0.2, -0.15) is 0 Å². The third-order valence-electron chi connectivity index (χ3n) is 5.60. The molecule has 0 saturated heterocycles. The van der Waals surface area contributed by atoms with Gasteiger partial charge in [0.15, 0.2) is 4.80 Å². The van der Waals surface area contributed by atoms with Crippen LogP contribution in [0.15, 0.2) is 105 Å². The molecule has 0 amide bonds. The van der Waals surface area contributed by atoms with Crippen LogP contribution >= 0.6 is 22.7 Å². The number of fused-ring (bicyclic) bond motifs is 1. The summed E-state index contributed by atoms with van der Waals surface area (Å²) < 4.78 is 7.83. The molecule has 5 rings (SSSR count). The molecule has 0 bridgehead atoms. The second kappa shape index (κ2) is 10.2. The minimum atomic E-state index is -0.574. The van der Waals surface area contributed by atoms with E-state index in [4.69, 9.17) is 4.74 Å². The lowest BCUT2D eigenvalue weighted by Crippen LogP contribution is -2.39. The zero-order chi connectivity index (χ0) is 24.2. The Balaban J connectivity index is 1.52. The van der Waals surface area contributed by atoms with Crippen molar-refractivity contribution < 1.29 is 9.53 Å². The van der Waals surface area contributed by atoms with E-state index in [-0.39, 0.29) is 12.2 Å². The van der Waals surface area contributed by atoms with E-state index in [0.717, 1.165) is 16.0 Å². The lowest BCUT2D eigenvalue weighted by molar-refractivity contribution is -0.140. The smallest absolute Gasteiger partial charge is 0.338 e. The van der Waals surface area contributed by atoms with E-state index in [0.29, 0.717) is 20.6 Å². The molecule has 2 aromatic heterocycles. The third-order valence-corrected chi connectivity index (χ3v) is 7.53. The highest BCUT2D eigenvalue weighted by molar-refractivity contribution is 7.10. The Morgan fingerprint density at radius 2 is 1.80 bits per heavy atom. The second-order valence-corrected chi connectivity index (χ2v) is 9.94. The molecule has 1 aliphatic heterocycles. The Bertz CT molecular complexity index is 1580. The number of ether oxygens (including phenoxy) is 1. The molecule has 2 aromatic carbocycles. The van der Waals surface area contributed by atoms with Gasteiger partial charge in [0.2, 0.25) is 0 Å². The van der Waals surface area contributed by atoms with Gasteiger partial charge in [0.25, 0.3) is 5.56 Å². The molecule has 0 aliphatic carbocycles. The van der Waals surface area contributed by atoms with Crippen LogP contribution in [0.5, 0.6) is 0 Å². The van der Waals surface area contributed by atoms with Crippen LogP contribution in [0.2, 0.25) is 0 Å². The molecule has 7 heteroatoms. The number of hydrogen-bond acceptors (Lipinski definition) is 6. The van der Waals surface area contributed by atoms with Crippen molar-refractivity contribution in [2.75, 3.05) is 0 Å². The molecule has 0 radical (unpaired) electrons. The van der Waals surface area contributed by atoms with Crippen molar-refractivity contribution in [3.63, 3.8) is 0 Å². The van der Waals surface area contributed by atoms with Gasteiger partial charge in [-0.15, -0.1) is 11.3 Å². The van der Waals surface area contributed by atoms with E-state index >= 15 is 0 Å². The summed E-state index contributed by atoms with van der Waals surface area (Å²) in [5, 5.41) is 1.94. The molecular weight excluding hydrogens is 476 g/mol. The first-order valence-electron chi connectivity index (χ1n) is 11.1. The highest BCUT2D eigenvalue weighted by Gasteiger charge is 2.34. The van der Waals surface area contributed by atoms with E-state index in [1.54, 1.807) is 17.6 Å². The van der Waals surface area contributed by atoms with Crippen molar-refractivity contribution in [2.45, 2.75) is 19.6 Å². The number of allylic oxidation sites excluding steroid dienone is 2. The Morgan fingerprint density at radius 3 is 2.51 bits per heavy atom. The predicted octanol–water partition coefficient (Wildman–Crippen LogP) is 4.71. The number of nitrogens with zero attached hydrogens (tertiary/aromatic N) is 2. The van der Waals surface area contributed by atoms with E-state index in [1.165, 1.54) is 22.7 Å². The van der Waals surface area contributed by atoms with Crippen molar-refractivity contribution in [1.29, 1.82) is 0 Å². The zero-order valence-electron chi connectivity index (χ0n) is 19.0. The monoisotopic (exact) mass is 498 g/mol. The number of hydrogen-bond donors (Lipinski definition) is 0. The van der Waals surface area contributed by atoms with Gasteiger partial charge < -0.3 is 4.74 Å². The maximum atomic E-state index is 13.5. The fourth-order valence-electron chi connectivity index (χ4n) is 3.92. The van der Waals surface area contributed by atoms with Gasteiger partial charge in [0, 0.05) is 4.88 Å². The highest BCUT2D eigenvalue weighted by Crippen LogP contribution is 2.33. The molecule has 4 aromatic rings. The Morgan fingerprint density at radius 1 is 1.06 bits per heavy atom. The highest BCUT2D eigenvalue weighted by atomic mass is 32.1. The molecular formula is C28H22N2O3S2. The Kier molecular flexibility index (Phi) is 6.70. The molecule has 0 fully saturated rings. The summed E-state index contributed by atoms with van der Waals surface area (Å²) in [6.07, 6.45) is 5.62. The Hall–Kier alpha value is -3.81. The van der Waals surface area contributed by atoms with Crippen molar-refractivity contribution in [3.8, 4) is 0 Å². The van der Waals surface area contributed by atoms with Gasteiger partial charge in [-0.25, -0.2) is 9.79 Å². The molecule has 1 aliphatic rings. The molecule has 174 valence electrons. The minimum Gasteiger partial charge on any atom is -0.457 e. The first-order valence-corrected chi connectivity index (χ1v) is 12.8. The second-order valence-electron chi connectivity index (χ2n) is 7.95. The van der Waals surface area contributed by atoms with Crippen molar-refractivity contribution in [1.82, 2.24) is 4.57 Å². The van der Waals surface area contributed by atoms with E-state index in [2.05, 4.69) is 4.99 Å². The molecule has 5 nitrogen and oxygen atoms in total. The largest absolute Gasteiger partial charge is 0.457 e. The summed E-state index contributed by atoms with van der Waals surface area (Å²) in [7, 11) is 0. The van der Waals surface area contributed by atoms with Crippen molar-refractivity contribution in [2.24, 2.45) is 4.99 Å². The number of thiazole rings is 1. The van der Waals surface area contributed by atoms with Crippen molar-refractivity contribution >= 4 is 40.8 Å². The number of aromatic nitrogens is 1. The number of benzene rings is 2. The van der Waals surface area contributed by atoms with Crippen LogP contribution in [0.1, 0.15) is 29.0 Å². The molecule has 0 saturated carbocycles. The van der Waals surface area contributed by atoms with Crippen LogP contribution in [0.4, 0.5) is 0 Å². The maximum absolute atomic E-state index is 13.5. The van der Waals surface area contributed by atoms with Gasteiger partial charge in [0.05, 0.1) is 15.8 Å². The van der Waals surface area contributed by atoms with E-state index in [9.17, 15) is 9.59 Å². The number of esters is 1. The molecule has 0 spiro atoms. The van der Waals surface area contributed by atoms with Crippen LogP contribution in [0, 0.1) is 0 Å².